The SMILES string of the molecule is Cc1cc(/C=C2\SC(=Nc3ccc(Br)c(Cl)c3)NC2=O)c(C)n1-c1ccc(Oc2ccc([N+](=O)[O-])cc2[N+](=O)[O-])cc1. The largest absolute Gasteiger partial charge is 0.450 e. The lowest BCUT2D eigenvalue weighted by atomic mass is 10.2. The first-order valence-electron chi connectivity index (χ1n) is 12.1. The highest BCUT2D eigenvalue weighted by Gasteiger charge is 2.25. The zero-order valence-corrected chi connectivity index (χ0v) is 25.0. The second-order valence-electron chi connectivity index (χ2n) is 9.00. The number of thioether (sulfide) groups is 1. The monoisotopic (exact) mass is 667 g/mol. The Kier molecular flexibility index (Phi) is 8.16. The van der Waals surface area contributed by atoms with Gasteiger partial charge in [0, 0.05) is 27.6 Å². The highest BCUT2D eigenvalue weighted by Crippen LogP contribution is 2.36. The number of nitro benzene ring substituents is 2. The Labute approximate surface area is 256 Å². The smallest absolute Gasteiger partial charge is 0.318 e. The molecule has 1 amide bonds. The number of amides is 1. The van der Waals surface area contributed by atoms with E-state index in [-0.39, 0.29) is 11.7 Å². The number of non-ortho nitro benzene ring substituents is 1. The standard InChI is InChI=1S/C28H19BrClN5O6S/c1-15-11-17(12-26-27(36)32-28(42-26)31-18-3-9-22(29)23(30)13-18)16(2)33(15)19-4-7-21(8-5-19)41-25-10-6-20(34(37)38)14-24(25)35(39)40/h3-14H,1-2H3,(H,31,32,36)/b26-12-. The highest BCUT2D eigenvalue weighted by atomic mass is 79.9. The lowest BCUT2D eigenvalue weighted by Gasteiger charge is -2.11. The minimum Gasteiger partial charge on any atom is -0.450 e. The van der Waals surface area contributed by atoms with E-state index in [2.05, 4.69) is 26.2 Å². The number of rotatable bonds is 7. The van der Waals surface area contributed by atoms with E-state index in [4.69, 9.17) is 16.3 Å². The molecule has 0 radical (unpaired) electrons. The molecule has 0 bridgehead atoms. The van der Waals surface area contributed by atoms with Crippen molar-refractivity contribution in [1.82, 2.24) is 9.88 Å². The summed E-state index contributed by atoms with van der Waals surface area (Å²) in [4.78, 5) is 38.6. The molecule has 1 N–H and O–H groups in total. The summed E-state index contributed by atoms with van der Waals surface area (Å²) in [6, 6.07) is 17.3. The van der Waals surface area contributed by atoms with E-state index in [1.807, 2.05) is 24.5 Å². The Morgan fingerprint density at radius 2 is 1.76 bits per heavy atom. The van der Waals surface area contributed by atoms with E-state index in [1.54, 1.807) is 48.5 Å². The highest BCUT2D eigenvalue weighted by molar-refractivity contribution is 9.10. The van der Waals surface area contributed by atoms with Gasteiger partial charge in [0.25, 0.3) is 11.6 Å². The summed E-state index contributed by atoms with van der Waals surface area (Å²) >= 11 is 10.7. The van der Waals surface area contributed by atoms with Crippen molar-refractivity contribution in [1.29, 1.82) is 0 Å². The summed E-state index contributed by atoms with van der Waals surface area (Å²) in [7, 11) is 0. The summed E-state index contributed by atoms with van der Waals surface area (Å²) in [5.74, 6) is -0.0499. The fourth-order valence-electron chi connectivity index (χ4n) is 4.26. The number of aliphatic imine (C=N–C) groups is 1. The van der Waals surface area contributed by atoms with Gasteiger partial charge in [-0.2, -0.15) is 0 Å². The number of nitrogens with zero attached hydrogens (tertiary/aromatic N) is 4. The number of aromatic nitrogens is 1. The van der Waals surface area contributed by atoms with Crippen molar-refractivity contribution in [3.05, 3.63) is 118 Å². The second-order valence-corrected chi connectivity index (χ2v) is 11.3. The Bertz CT molecular complexity index is 1840. The Hall–Kier alpha value is -4.46. The van der Waals surface area contributed by atoms with Crippen LogP contribution in [-0.4, -0.2) is 25.5 Å². The molecule has 0 unspecified atom stereocenters. The van der Waals surface area contributed by atoms with E-state index in [1.165, 1.54) is 17.8 Å². The molecule has 0 atom stereocenters. The van der Waals surface area contributed by atoms with Crippen molar-refractivity contribution >= 4 is 73.5 Å². The lowest BCUT2D eigenvalue weighted by Crippen LogP contribution is -2.19. The lowest BCUT2D eigenvalue weighted by molar-refractivity contribution is -0.394. The Morgan fingerprint density at radius 3 is 2.43 bits per heavy atom. The quantitative estimate of drug-likeness (QED) is 0.119. The van der Waals surface area contributed by atoms with E-state index in [0.717, 1.165) is 39.2 Å². The van der Waals surface area contributed by atoms with Crippen LogP contribution in [0.15, 0.2) is 81.1 Å². The van der Waals surface area contributed by atoms with Crippen LogP contribution in [0.5, 0.6) is 11.5 Å². The van der Waals surface area contributed by atoms with Crippen molar-refractivity contribution in [3.8, 4) is 17.2 Å². The summed E-state index contributed by atoms with van der Waals surface area (Å²) in [5.41, 5.74) is 3.16. The first-order valence-corrected chi connectivity index (χ1v) is 14.1. The maximum atomic E-state index is 12.7. The molecule has 1 aliphatic heterocycles. The molecule has 212 valence electrons. The number of amidine groups is 1. The van der Waals surface area contributed by atoms with Gasteiger partial charge >= 0.3 is 5.69 Å². The third-order valence-corrected chi connectivity index (χ3v) is 8.36. The van der Waals surface area contributed by atoms with Crippen molar-refractivity contribution in [2.75, 3.05) is 0 Å². The normalized spacial score (nSPS) is 14.8. The number of halogens is 2. The van der Waals surface area contributed by atoms with Crippen molar-refractivity contribution < 1.29 is 19.4 Å². The second kappa shape index (κ2) is 11.8. The number of hydrogen-bond acceptors (Lipinski definition) is 8. The summed E-state index contributed by atoms with van der Waals surface area (Å²) < 4.78 is 8.43. The number of aryl methyl sites for hydroxylation is 1. The predicted molar refractivity (Wildman–Crippen MR) is 165 cm³/mol. The summed E-state index contributed by atoms with van der Waals surface area (Å²) in [6.07, 6.45) is 1.81. The number of benzene rings is 3. The van der Waals surface area contributed by atoms with Crippen LogP contribution >= 0.6 is 39.3 Å². The molecule has 0 saturated carbocycles. The van der Waals surface area contributed by atoms with Gasteiger partial charge in [0.2, 0.25) is 5.75 Å². The van der Waals surface area contributed by atoms with Gasteiger partial charge in [0.15, 0.2) is 5.17 Å². The number of hydrogen-bond donors (Lipinski definition) is 1. The fourth-order valence-corrected chi connectivity index (χ4v) is 5.52. The first-order chi connectivity index (χ1) is 20.0. The number of ether oxygens (including phenoxy) is 1. The molecular weight excluding hydrogens is 650 g/mol. The van der Waals surface area contributed by atoms with Gasteiger partial charge in [-0.05, 0) is 108 Å². The first kappa shape index (κ1) is 29.0. The minimum atomic E-state index is -0.729. The molecule has 5 rings (SSSR count). The number of carbonyl (C=O) groups excluding carboxylic acids is 1. The predicted octanol–water partition coefficient (Wildman–Crippen LogP) is 8.01. The molecule has 1 aliphatic rings. The van der Waals surface area contributed by atoms with Gasteiger partial charge < -0.3 is 14.6 Å². The van der Waals surface area contributed by atoms with Gasteiger partial charge in [-0.15, -0.1) is 0 Å². The van der Waals surface area contributed by atoms with Gasteiger partial charge in [-0.1, -0.05) is 11.6 Å². The third-order valence-electron chi connectivity index (χ3n) is 6.21. The molecule has 14 heteroatoms. The number of carbonyl (C=O) groups is 1. The van der Waals surface area contributed by atoms with E-state index < -0.39 is 21.2 Å². The Morgan fingerprint density at radius 1 is 1.02 bits per heavy atom. The molecule has 2 heterocycles. The van der Waals surface area contributed by atoms with Crippen molar-refractivity contribution in [2.24, 2.45) is 4.99 Å². The van der Waals surface area contributed by atoms with Crippen LogP contribution in [0.2, 0.25) is 5.02 Å². The zero-order chi connectivity index (χ0) is 30.1. The molecule has 0 spiro atoms. The molecule has 3 aromatic carbocycles. The number of nitrogens with one attached hydrogen (secondary N) is 1. The average Bonchev–Trinajstić information content (AvgIpc) is 3.43. The van der Waals surface area contributed by atoms with Gasteiger partial charge in [-0.25, -0.2) is 4.99 Å². The topological polar surface area (TPSA) is 142 Å². The van der Waals surface area contributed by atoms with Crippen LogP contribution in [0, 0.1) is 34.1 Å². The molecule has 11 nitrogen and oxygen atoms in total. The fraction of sp³-hybridized carbons (Fsp3) is 0.0714. The Balaban J connectivity index is 1.36. The molecule has 1 saturated heterocycles. The van der Waals surface area contributed by atoms with Gasteiger partial charge in [0.05, 0.1) is 31.5 Å². The zero-order valence-electron chi connectivity index (χ0n) is 21.8. The molecule has 42 heavy (non-hydrogen) atoms. The van der Waals surface area contributed by atoms with E-state index in [0.29, 0.717) is 26.5 Å². The van der Waals surface area contributed by atoms with Crippen LogP contribution < -0.4 is 10.1 Å². The number of nitro groups is 2. The van der Waals surface area contributed by atoms with Gasteiger partial charge in [0.1, 0.15) is 5.75 Å². The van der Waals surface area contributed by atoms with E-state index in [9.17, 15) is 25.0 Å². The molecule has 0 aliphatic carbocycles. The maximum Gasteiger partial charge on any atom is 0.318 e. The molecule has 4 aromatic rings. The van der Waals surface area contributed by atoms with E-state index >= 15 is 0 Å². The van der Waals surface area contributed by atoms with Crippen molar-refractivity contribution in [3.63, 3.8) is 0 Å². The summed E-state index contributed by atoms with van der Waals surface area (Å²) in [5, 5.41) is 26.2. The average molecular weight is 669 g/mol. The van der Waals surface area contributed by atoms with Crippen LogP contribution in [-0.2, 0) is 4.79 Å². The molecular formula is C28H19BrClN5O6S. The molecule has 1 fully saturated rings. The van der Waals surface area contributed by atoms with Crippen LogP contribution in [0.4, 0.5) is 17.1 Å². The summed E-state index contributed by atoms with van der Waals surface area (Å²) in [6.45, 7) is 3.87. The van der Waals surface area contributed by atoms with Gasteiger partial charge in [-0.3, -0.25) is 25.0 Å². The van der Waals surface area contributed by atoms with Crippen LogP contribution in [0.25, 0.3) is 11.8 Å². The van der Waals surface area contributed by atoms with Crippen LogP contribution in [0.3, 0.4) is 0 Å². The third kappa shape index (κ3) is 6.08. The minimum absolute atomic E-state index is 0.112. The van der Waals surface area contributed by atoms with Crippen LogP contribution in [0.1, 0.15) is 17.0 Å². The van der Waals surface area contributed by atoms with Crippen molar-refractivity contribution in [2.45, 2.75) is 13.8 Å². The molecule has 1 aromatic heterocycles. The maximum absolute atomic E-state index is 12.7.